The van der Waals surface area contributed by atoms with Crippen molar-refractivity contribution in [1.82, 2.24) is 14.8 Å². The van der Waals surface area contributed by atoms with Crippen LogP contribution in [-0.2, 0) is 22.2 Å². The van der Waals surface area contributed by atoms with E-state index in [0.29, 0.717) is 23.7 Å². The van der Waals surface area contributed by atoms with Crippen molar-refractivity contribution in [2.24, 2.45) is 5.92 Å². The largest absolute Gasteiger partial charge is 0.481 e. The molecule has 2 heterocycles. The molecule has 2 fully saturated rings. The number of nitrogens with zero attached hydrogens (tertiary/aromatic N) is 2. The Hall–Kier alpha value is -4.06. The summed E-state index contributed by atoms with van der Waals surface area (Å²) < 4.78 is 73.2. The summed E-state index contributed by atoms with van der Waals surface area (Å²) in [6.07, 6.45) is -1.59. The lowest BCUT2D eigenvalue weighted by molar-refractivity contribution is -0.139. The van der Waals surface area contributed by atoms with Crippen LogP contribution < -0.4 is 10.9 Å². The normalized spacial score (nSPS) is 16.4. The fourth-order valence-electron chi connectivity index (χ4n) is 6.39. The number of halogens is 5. The van der Waals surface area contributed by atoms with Crippen LogP contribution in [-0.4, -0.2) is 46.1 Å². The summed E-state index contributed by atoms with van der Waals surface area (Å²) in [6.45, 7) is 6.93. The molecule has 0 radical (unpaired) electrons. The zero-order valence-corrected chi connectivity index (χ0v) is 27.2. The first kappa shape index (κ1) is 35.3. The van der Waals surface area contributed by atoms with Crippen molar-refractivity contribution in [2.75, 3.05) is 19.6 Å². The predicted molar refractivity (Wildman–Crippen MR) is 171 cm³/mol. The molecule has 0 bridgehead atoms. The van der Waals surface area contributed by atoms with Crippen LogP contribution in [0.5, 0.6) is 0 Å². The molecule has 1 saturated heterocycles. The van der Waals surface area contributed by atoms with Crippen molar-refractivity contribution in [3.8, 4) is 11.1 Å². The molecule has 1 aromatic heterocycles. The minimum atomic E-state index is -4.79. The summed E-state index contributed by atoms with van der Waals surface area (Å²) in [4.78, 5) is 41.2. The zero-order chi connectivity index (χ0) is 34.9. The highest BCUT2D eigenvalue weighted by atomic mass is 19.4. The number of benzene rings is 2. The van der Waals surface area contributed by atoms with Gasteiger partial charge in [-0.2, -0.15) is 13.2 Å². The van der Waals surface area contributed by atoms with Gasteiger partial charge in [-0.25, -0.2) is 8.78 Å². The van der Waals surface area contributed by atoms with Gasteiger partial charge < -0.3 is 19.9 Å². The SMILES string of the molecule is Cc1cc(-c2cc(F)ccc2C2CC2)cc(C(CC(=O)O)NC(=O)C(CC(C)C)n2cc(CCN3CCC3)c(C(F)(F)F)cc2=O)c1F. The third kappa shape index (κ3) is 8.14. The number of hydrogen-bond acceptors (Lipinski definition) is 4. The lowest BCUT2D eigenvalue weighted by atomic mass is 9.91. The molecule has 258 valence electrons. The molecule has 7 nitrogen and oxygen atoms in total. The molecule has 1 amide bonds. The van der Waals surface area contributed by atoms with Crippen LogP contribution in [0, 0.1) is 24.5 Å². The van der Waals surface area contributed by atoms with E-state index in [9.17, 15) is 37.1 Å². The van der Waals surface area contributed by atoms with Crippen LogP contribution in [0.2, 0.25) is 0 Å². The van der Waals surface area contributed by atoms with Crippen molar-refractivity contribution >= 4 is 11.9 Å². The van der Waals surface area contributed by atoms with Gasteiger partial charge >= 0.3 is 12.1 Å². The summed E-state index contributed by atoms with van der Waals surface area (Å²) in [5.41, 5.74) is -0.319. The third-order valence-electron chi connectivity index (χ3n) is 9.14. The van der Waals surface area contributed by atoms with E-state index in [1.807, 2.05) is 4.90 Å². The van der Waals surface area contributed by atoms with Gasteiger partial charge in [-0.15, -0.1) is 0 Å². The van der Waals surface area contributed by atoms with Crippen LogP contribution in [0.4, 0.5) is 22.0 Å². The number of carbonyl (C=O) groups is 2. The predicted octanol–water partition coefficient (Wildman–Crippen LogP) is 7.17. The molecule has 5 rings (SSSR count). The van der Waals surface area contributed by atoms with Crippen LogP contribution in [0.25, 0.3) is 11.1 Å². The van der Waals surface area contributed by atoms with E-state index in [4.69, 9.17) is 0 Å². The molecule has 2 aliphatic rings. The lowest BCUT2D eigenvalue weighted by Crippen LogP contribution is -2.41. The van der Waals surface area contributed by atoms with Crippen molar-refractivity contribution in [1.29, 1.82) is 0 Å². The van der Waals surface area contributed by atoms with Crippen molar-refractivity contribution in [2.45, 2.75) is 83.5 Å². The Kier molecular flexibility index (Phi) is 10.4. The standard InChI is InChI=1S/C36H40F5N3O4/c1-20(2)13-31(44-19-23(9-12-43-10-4-11-43)29(17-32(44)45)36(39,40)41)35(48)42-30(18-33(46)47)28-15-24(14-21(3)34(28)38)27-16-25(37)7-8-26(27)22-5-6-22/h7-8,14-17,19-20,22,30-31H,4-6,9-13,18H2,1-3H3,(H,42,48)(H,46,47). The van der Waals surface area contributed by atoms with Crippen molar-refractivity contribution in [3.05, 3.63) is 92.4 Å². The van der Waals surface area contributed by atoms with E-state index < -0.39 is 59.3 Å². The Morgan fingerprint density at radius 3 is 2.35 bits per heavy atom. The first-order valence-electron chi connectivity index (χ1n) is 16.3. The van der Waals surface area contributed by atoms with E-state index in [-0.39, 0.29) is 41.4 Å². The maximum absolute atomic E-state index is 15.8. The molecule has 2 aromatic carbocycles. The Balaban J connectivity index is 1.53. The Labute approximate surface area is 275 Å². The van der Waals surface area contributed by atoms with E-state index in [1.54, 1.807) is 26.0 Å². The molecule has 12 heteroatoms. The number of nitrogens with one attached hydrogen (secondary N) is 1. The average molecular weight is 674 g/mol. The number of pyridine rings is 1. The number of aryl methyl sites for hydroxylation is 1. The molecular formula is C36H40F5N3O4. The molecule has 0 spiro atoms. The number of aromatic nitrogens is 1. The smallest absolute Gasteiger partial charge is 0.416 e. The van der Waals surface area contributed by atoms with Crippen LogP contribution in [0.1, 0.15) is 91.8 Å². The fourth-order valence-corrected chi connectivity index (χ4v) is 6.39. The van der Waals surface area contributed by atoms with Crippen LogP contribution in [0.15, 0.2) is 47.4 Å². The van der Waals surface area contributed by atoms with E-state index in [2.05, 4.69) is 5.32 Å². The second kappa shape index (κ2) is 14.2. The minimum Gasteiger partial charge on any atom is -0.481 e. The van der Waals surface area contributed by atoms with E-state index in [1.165, 1.54) is 25.1 Å². The molecule has 48 heavy (non-hydrogen) atoms. The Bertz CT molecular complexity index is 1740. The fraction of sp³-hybridized carbons (Fsp3) is 0.472. The van der Waals surface area contributed by atoms with Gasteiger partial charge in [-0.05, 0) is 116 Å². The minimum absolute atomic E-state index is 0.00693. The number of amides is 1. The summed E-state index contributed by atoms with van der Waals surface area (Å²) >= 11 is 0. The summed E-state index contributed by atoms with van der Waals surface area (Å²) in [7, 11) is 0. The molecule has 3 aromatic rings. The number of aliphatic carboxylic acids is 1. The van der Waals surface area contributed by atoms with Gasteiger partial charge in [0.25, 0.3) is 5.56 Å². The highest BCUT2D eigenvalue weighted by Crippen LogP contribution is 2.45. The Morgan fingerprint density at radius 2 is 1.77 bits per heavy atom. The number of carboxylic acids is 1. The third-order valence-corrected chi connectivity index (χ3v) is 9.14. The highest BCUT2D eigenvalue weighted by molar-refractivity contribution is 5.82. The molecule has 1 aliphatic heterocycles. The average Bonchev–Trinajstić information content (AvgIpc) is 3.81. The molecule has 2 N–H and O–H groups in total. The zero-order valence-electron chi connectivity index (χ0n) is 27.2. The van der Waals surface area contributed by atoms with Gasteiger partial charge in [-0.1, -0.05) is 19.9 Å². The number of carbonyl (C=O) groups excluding carboxylic acids is 1. The topological polar surface area (TPSA) is 91.6 Å². The molecule has 2 unspecified atom stereocenters. The summed E-state index contributed by atoms with van der Waals surface area (Å²) in [5.74, 6) is -3.40. The Morgan fingerprint density at radius 1 is 1.06 bits per heavy atom. The number of hydrogen-bond donors (Lipinski definition) is 2. The molecule has 2 atom stereocenters. The van der Waals surface area contributed by atoms with Crippen molar-refractivity contribution < 1.29 is 36.6 Å². The number of carboxylic acid groups (broad SMARTS) is 1. The van der Waals surface area contributed by atoms with Gasteiger partial charge in [0, 0.05) is 24.4 Å². The molecule has 1 aliphatic carbocycles. The quantitative estimate of drug-likeness (QED) is 0.188. The van der Waals surface area contributed by atoms with Gasteiger partial charge in [-0.3, -0.25) is 14.4 Å². The second-order valence-corrected chi connectivity index (χ2v) is 13.4. The molecule has 1 saturated carbocycles. The first-order chi connectivity index (χ1) is 22.6. The van der Waals surface area contributed by atoms with E-state index >= 15 is 4.39 Å². The van der Waals surface area contributed by atoms with Crippen LogP contribution in [0.3, 0.4) is 0 Å². The second-order valence-electron chi connectivity index (χ2n) is 13.4. The molecular weight excluding hydrogens is 633 g/mol. The lowest BCUT2D eigenvalue weighted by Gasteiger charge is -2.31. The maximum Gasteiger partial charge on any atom is 0.416 e. The summed E-state index contributed by atoms with van der Waals surface area (Å²) in [5, 5.41) is 12.4. The van der Waals surface area contributed by atoms with E-state index in [0.717, 1.165) is 48.7 Å². The summed E-state index contributed by atoms with van der Waals surface area (Å²) in [6, 6.07) is 5.14. The monoisotopic (exact) mass is 673 g/mol. The number of likely N-dealkylation sites (tertiary alicyclic amines) is 1. The van der Waals surface area contributed by atoms with Gasteiger partial charge in [0.15, 0.2) is 0 Å². The maximum atomic E-state index is 15.8. The first-order valence-corrected chi connectivity index (χ1v) is 16.3. The number of alkyl halides is 3. The van der Waals surface area contributed by atoms with Crippen LogP contribution >= 0.6 is 0 Å². The highest BCUT2D eigenvalue weighted by Gasteiger charge is 2.36. The number of rotatable bonds is 13. The van der Waals surface area contributed by atoms with Gasteiger partial charge in [0.2, 0.25) is 5.91 Å². The van der Waals surface area contributed by atoms with Crippen molar-refractivity contribution in [3.63, 3.8) is 0 Å². The van der Waals surface area contributed by atoms with Gasteiger partial charge in [0.1, 0.15) is 17.7 Å². The van der Waals surface area contributed by atoms with Gasteiger partial charge in [0.05, 0.1) is 18.0 Å².